The van der Waals surface area contributed by atoms with Gasteiger partial charge in [0.25, 0.3) is 0 Å². The molecule has 1 aromatic carbocycles. The highest BCUT2D eigenvalue weighted by atomic mass is 16.5. The smallest absolute Gasteiger partial charge is 0.341 e. The minimum atomic E-state index is -0.412. The van der Waals surface area contributed by atoms with Crippen molar-refractivity contribution >= 4 is 11.9 Å². The van der Waals surface area contributed by atoms with Crippen molar-refractivity contribution in [1.82, 2.24) is 10.6 Å². The molecule has 0 aliphatic carbocycles. The number of hydrogen-bond acceptors (Lipinski definition) is 5. The second kappa shape index (κ2) is 9.30. The molecule has 0 unspecified atom stereocenters. The maximum absolute atomic E-state index is 11.7. The van der Waals surface area contributed by atoms with Crippen LogP contribution in [0.15, 0.2) is 39.7 Å². The molecule has 7 heteroatoms. The fourth-order valence-electron chi connectivity index (χ4n) is 2.59. The number of carbonyl (C=O) groups is 1. The highest BCUT2D eigenvalue weighted by Gasteiger charge is 2.16. The third-order valence-corrected chi connectivity index (χ3v) is 3.86. The molecule has 2 N–H and O–H groups in total. The first-order valence-corrected chi connectivity index (χ1v) is 9.12. The van der Waals surface area contributed by atoms with E-state index in [9.17, 15) is 4.79 Å². The molecule has 0 saturated carbocycles. The number of methoxy groups -OCH3 is 1. The fourth-order valence-corrected chi connectivity index (χ4v) is 2.59. The van der Waals surface area contributed by atoms with Crippen molar-refractivity contribution in [2.24, 2.45) is 4.99 Å². The fraction of sp³-hybridized carbons (Fsp3) is 0.429. The zero-order valence-electron chi connectivity index (χ0n) is 17.4. The van der Waals surface area contributed by atoms with Gasteiger partial charge in [-0.1, -0.05) is 18.2 Å². The van der Waals surface area contributed by atoms with E-state index in [-0.39, 0.29) is 5.60 Å². The Labute approximate surface area is 166 Å². The van der Waals surface area contributed by atoms with Crippen molar-refractivity contribution in [1.29, 1.82) is 0 Å². The first-order valence-electron chi connectivity index (χ1n) is 9.12. The Kier molecular flexibility index (Phi) is 7.09. The van der Waals surface area contributed by atoms with Gasteiger partial charge in [-0.15, -0.1) is 0 Å². The quantitative estimate of drug-likeness (QED) is 0.449. The van der Waals surface area contributed by atoms with Crippen LogP contribution < -0.4 is 15.4 Å². The average Bonchev–Trinajstić information content (AvgIpc) is 3.02. The summed E-state index contributed by atoms with van der Waals surface area (Å²) < 4.78 is 16.4. The van der Waals surface area contributed by atoms with Crippen LogP contribution in [0.5, 0.6) is 5.75 Å². The van der Waals surface area contributed by atoms with Crippen molar-refractivity contribution in [3.63, 3.8) is 0 Å². The molecule has 0 atom stereocenters. The molecule has 0 amide bonds. The number of ether oxygens (including phenoxy) is 2. The molecule has 0 aliphatic heterocycles. The van der Waals surface area contributed by atoms with E-state index >= 15 is 0 Å². The third-order valence-electron chi connectivity index (χ3n) is 3.86. The summed E-state index contributed by atoms with van der Waals surface area (Å²) in [7, 11) is 3.04. The van der Waals surface area contributed by atoms with Gasteiger partial charge in [-0.05, 0) is 39.8 Å². The Balaban J connectivity index is 1.97. The van der Waals surface area contributed by atoms with Crippen LogP contribution in [0.25, 0.3) is 0 Å². The molecule has 28 heavy (non-hydrogen) atoms. The lowest BCUT2D eigenvalue weighted by Gasteiger charge is -2.23. The van der Waals surface area contributed by atoms with Crippen molar-refractivity contribution in [2.75, 3.05) is 14.2 Å². The highest BCUT2D eigenvalue weighted by Crippen LogP contribution is 2.22. The van der Waals surface area contributed by atoms with E-state index in [0.29, 0.717) is 36.1 Å². The predicted molar refractivity (Wildman–Crippen MR) is 109 cm³/mol. The molecule has 0 fully saturated rings. The summed E-state index contributed by atoms with van der Waals surface area (Å²) in [5.41, 5.74) is 1.18. The number of carbonyl (C=O) groups excluding carboxylic acids is 1. The molecule has 0 saturated heterocycles. The number of benzene rings is 1. The van der Waals surface area contributed by atoms with Crippen LogP contribution in [-0.2, 0) is 17.8 Å². The van der Waals surface area contributed by atoms with Crippen molar-refractivity contribution in [3.05, 3.63) is 53.0 Å². The molecular formula is C21H29N3O4. The van der Waals surface area contributed by atoms with Gasteiger partial charge in [0.05, 0.1) is 13.7 Å². The number of aryl methyl sites for hydroxylation is 1. The van der Waals surface area contributed by atoms with E-state index in [1.807, 2.05) is 45.0 Å². The summed E-state index contributed by atoms with van der Waals surface area (Å²) in [6, 6.07) is 9.57. The first-order chi connectivity index (χ1) is 13.2. The van der Waals surface area contributed by atoms with Crippen LogP contribution in [0, 0.1) is 6.92 Å². The lowest BCUT2D eigenvalue weighted by Crippen LogP contribution is -2.36. The maximum atomic E-state index is 11.7. The van der Waals surface area contributed by atoms with Crippen LogP contribution in [0.4, 0.5) is 0 Å². The topological polar surface area (TPSA) is 85.1 Å². The average molecular weight is 387 g/mol. The molecule has 0 radical (unpaired) electrons. The third kappa shape index (κ3) is 6.04. The van der Waals surface area contributed by atoms with Gasteiger partial charge in [-0.25, -0.2) is 4.79 Å². The number of furan rings is 1. The van der Waals surface area contributed by atoms with Crippen molar-refractivity contribution in [3.8, 4) is 5.75 Å². The summed E-state index contributed by atoms with van der Waals surface area (Å²) in [5, 5.41) is 6.44. The largest absolute Gasteiger partial charge is 0.488 e. The number of rotatable bonds is 6. The molecule has 1 heterocycles. The number of para-hydroxylation sites is 1. The summed E-state index contributed by atoms with van der Waals surface area (Å²) >= 11 is 0. The zero-order chi connectivity index (χ0) is 20.7. The minimum absolute atomic E-state index is 0.273. The van der Waals surface area contributed by atoms with Crippen LogP contribution in [0.3, 0.4) is 0 Å². The molecule has 0 aliphatic rings. The molecule has 2 rings (SSSR count). The van der Waals surface area contributed by atoms with Gasteiger partial charge in [-0.2, -0.15) is 0 Å². The molecule has 7 nitrogen and oxygen atoms in total. The van der Waals surface area contributed by atoms with Gasteiger partial charge in [0.15, 0.2) is 5.96 Å². The van der Waals surface area contributed by atoms with E-state index in [4.69, 9.17) is 13.9 Å². The van der Waals surface area contributed by atoms with Crippen LogP contribution in [0.1, 0.15) is 48.2 Å². The van der Waals surface area contributed by atoms with Crippen molar-refractivity contribution in [2.45, 2.75) is 46.4 Å². The monoisotopic (exact) mass is 387 g/mol. The zero-order valence-corrected chi connectivity index (χ0v) is 17.4. The number of aliphatic imine (C=N–C) groups is 1. The summed E-state index contributed by atoms with van der Waals surface area (Å²) in [6.07, 6.45) is 0. The Hall–Kier alpha value is -2.96. The number of esters is 1. The van der Waals surface area contributed by atoms with Crippen LogP contribution in [0.2, 0.25) is 0 Å². The number of hydrogen-bond donors (Lipinski definition) is 2. The Morgan fingerprint density at radius 3 is 2.50 bits per heavy atom. The second-order valence-electron chi connectivity index (χ2n) is 7.28. The van der Waals surface area contributed by atoms with E-state index in [2.05, 4.69) is 15.6 Å². The summed E-state index contributed by atoms with van der Waals surface area (Å²) in [5.74, 6) is 2.18. The first kappa shape index (κ1) is 21.3. The normalized spacial score (nSPS) is 11.9. The minimum Gasteiger partial charge on any atom is -0.488 e. The number of nitrogens with one attached hydrogen (secondary N) is 2. The summed E-state index contributed by atoms with van der Waals surface area (Å²) in [4.78, 5) is 15.9. The number of guanidine groups is 1. The van der Waals surface area contributed by atoms with Crippen LogP contribution >= 0.6 is 0 Å². The second-order valence-corrected chi connectivity index (χ2v) is 7.28. The Morgan fingerprint density at radius 1 is 1.18 bits per heavy atom. The number of nitrogens with zero attached hydrogens (tertiary/aromatic N) is 1. The Bertz CT molecular complexity index is 834. The molecule has 0 bridgehead atoms. The van der Waals surface area contributed by atoms with Gasteiger partial charge in [-0.3, -0.25) is 4.99 Å². The summed E-state index contributed by atoms with van der Waals surface area (Å²) in [6.45, 7) is 8.73. The van der Waals surface area contributed by atoms with E-state index in [0.717, 1.165) is 11.3 Å². The Morgan fingerprint density at radius 2 is 1.86 bits per heavy atom. The highest BCUT2D eigenvalue weighted by molar-refractivity contribution is 5.90. The molecule has 0 spiro atoms. The van der Waals surface area contributed by atoms with Gasteiger partial charge >= 0.3 is 5.97 Å². The van der Waals surface area contributed by atoms with E-state index < -0.39 is 5.97 Å². The molecular weight excluding hydrogens is 358 g/mol. The standard InChI is InChI=1S/C21H29N3O4/c1-14-17(19(25)26-6)11-16(27-14)13-24-20(22-5)23-12-15-9-7-8-10-18(15)28-21(2,3)4/h7-11H,12-13H2,1-6H3,(H2,22,23,24). The van der Waals surface area contributed by atoms with Gasteiger partial charge in [0, 0.05) is 19.2 Å². The SMILES string of the molecule is CN=C(NCc1cc(C(=O)OC)c(C)o1)NCc1ccccc1OC(C)(C)C. The molecule has 152 valence electrons. The lowest BCUT2D eigenvalue weighted by atomic mass is 10.1. The molecule has 2 aromatic rings. The van der Waals surface area contributed by atoms with E-state index in [1.165, 1.54) is 7.11 Å². The van der Waals surface area contributed by atoms with Gasteiger partial charge < -0.3 is 24.5 Å². The lowest BCUT2D eigenvalue weighted by molar-refractivity contribution is 0.0598. The van der Waals surface area contributed by atoms with Crippen molar-refractivity contribution < 1.29 is 18.7 Å². The molecule has 1 aromatic heterocycles. The van der Waals surface area contributed by atoms with Gasteiger partial charge in [0.1, 0.15) is 28.4 Å². The van der Waals surface area contributed by atoms with E-state index in [1.54, 1.807) is 20.0 Å². The van der Waals surface area contributed by atoms with Gasteiger partial charge in [0.2, 0.25) is 0 Å². The maximum Gasteiger partial charge on any atom is 0.341 e. The van der Waals surface area contributed by atoms with Crippen LogP contribution in [-0.4, -0.2) is 31.7 Å². The predicted octanol–water partition coefficient (Wildman–Crippen LogP) is 3.42.